The molecule has 0 aliphatic rings. The van der Waals surface area contributed by atoms with Crippen LogP contribution in [0.25, 0.3) is 0 Å². The summed E-state index contributed by atoms with van der Waals surface area (Å²) in [5.74, 6) is 0. The number of aromatic nitrogens is 1. The standard InChI is InChI=1S/C10H18N2O2S/c1-6(11-9(4-13)5-14)10-7(2)15-8(3)12-10/h6,9,11,13-14H,4-5H2,1-3H3. The lowest BCUT2D eigenvalue weighted by atomic mass is 10.2. The molecule has 0 aromatic carbocycles. The summed E-state index contributed by atoms with van der Waals surface area (Å²) in [6, 6.07) is -0.222. The zero-order chi connectivity index (χ0) is 11.4. The third-order valence-corrected chi connectivity index (χ3v) is 3.18. The fourth-order valence-corrected chi connectivity index (χ4v) is 2.46. The van der Waals surface area contributed by atoms with Gasteiger partial charge in [-0.15, -0.1) is 11.3 Å². The maximum atomic E-state index is 8.96. The molecule has 3 N–H and O–H groups in total. The monoisotopic (exact) mass is 230 g/mol. The minimum absolute atomic E-state index is 0.0549. The second-order valence-corrected chi connectivity index (χ2v) is 5.03. The Labute approximate surface area is 94.0 Å². The number of aryl methyl sites for hydroxylation is 2. The molecule has 15 heavy (non-hydrogen) atoms. The van der Waals surface area contributed by atoms with E-state index in [1.54, 1.807) is 11.3 Å². The van der Waals surface area contributed by atoms with Crippen molar-refractivity contribution in [1.29, 1.82) is 0 Å². The highest BCUT2D eigenvalue weighted by Gasteiger charge is 2.16. The summed E-state index contributed by atoms with van der Waals surface area (Å²) in [5, 5.41) is 22.1. The van der Waals surface area contributed by atoms with E-state index in [0.717, 1.165) is 10.7 Å². The van der Waals surface area contributed by atoms with Gasteiger partial charge in [0.1, 0.15) is 0 Å². The van der Waals surface area contributed by atoms with E-state index in [1.165, 1.54) is 4.88 Å². The van der Waals surface area contributed by atoms with Crippen LogP contribution < -0.4 is 5.32 Å². The van der Waals surface area contributed by atoms with E-state index in [2.05, 4.69) is 10.3 Å². The number of nitrogens with one attached hydrogen (secondary N) is 1. The van der Waals surface area contributed by atoms with E-state index in [9.17, 15) is 0 Å². The molecule has 4 nitrogen and oxygen atoms in total. The maximum Gasteiger partial charge on any atom is 0.0900 e. The summed E-state index contributed by atoms with van der Waals surface area (Å²) in [6.07, 6.45) is 0. The van der Waals surface area contributed by atoms with E-state index < -0.39 is 0 Å². The molecule has 1 aromatic rings. The van der Waals surface area contributed by atoms with Crippen molar-refractivity contribution in [2.75, 3.05) is 13.2 Å². The average molecular weight is 230 g/mol. The highest BCUT2D eigenvalue weighted by Crippen LogP contribution is 2.22. The molecule has 1 heterocycles. The van der Waals surface area contributed by atoms with Crippen LogP contribution in [0, 0.1) is 13.8 Å². The van der Waals surface area contributed by atoms with Crippen molar-refractivity contribution in [3.63, 3.8) is 0 Å². The van der Waals surface area contributed by atoms with Crippen LogP contribution in [0.3, 0.4) is 0 Å². The van der Waals surface area contributed by atoms with Gasteiger partial charge in [0.2, 0.25) is 0 Å². The van der Waals surface area contributed by atoms with Gasteiger partial charge in [-0.05, 0) is 20.8 Å². The first-order chi connectivity index (χ1) is 7.08. The van der Waals surface area contributed by atoms with Gasteiger partial charge in [-0.1, -0.05) is 0 Å². The lowest BCUT2D eigenvalue weighted by molar-refractivity contribution is 0.163. The molecule has 1 unspecified atom stereocenters. The smallest absolute Gasteiger partial charge is 0.0900 e. The van der Waals surface area contributed by atoms with Gasteiger partial charge in [0.05, 0.1) is 30.0 Å². The Hall–Kier alpha value is -0.490. The van der Waals surface area contributed by atoms with Crippen molar-refractivity contribution < 1.29 is 10.2 Å². The van der Waals surface area contributed by atoms with Gasteiger partial charge in [-0.2, -0.15) is 0 Å². The number of aliphatic hydroxyl groups excluding tert-OH is 2. The number of hydrogen-bond donors (Lipinski definition) is 3. The molecule has 0 spiro atoms. The predicted octanol–water partition coefficient (Wildman–Crippen LogP) is 0.764. The quantitative estimate of drug-likeness (QED) is 0.699. The minimum Gasteiger partial charge on any atom is -0.395 e. The molecule has 1 atom stereocenters. The van der Waals surface area contributed by atoms with Crippen LogP contribution in [0.15, 0.2) is 0 Å². The Morgan fingerprint density at radius 2 is 1.93 bits per heavy atom. The van der Waals surface area contributed by atoms with Gasteiger partial charge in [-0.3, -0.25) is 0 Å². The number of nitrogens with zero attached hydrogens (tertiary/aromatic N) is 1. The average Bonchev–Trinajstić information content (AvgIpc) is 2.54. The van der Waals surface area contributed by atoms with Crippen LogP contribution in [0.5, 0.6) is 0 Å². The maximum absolute atomic E-state index is 8.96. The minimum atomic E-state index is -0.276. The molecule has 0 aliphatic heterocycles. The molecule has 0 saturated heterocycles. The molecular weight excluding hydrogens is 212 g/mol. The first-order valence-corrected chi connectivity index (χ1v) is 5.81. The van der Waals surface area contributed by atoms with Gasteiger partial charge < -0.3 is 15.5 Å². The summed E-state index contributed by atoms with van der Waals surface area (Å²) in [4.78, 5) is 5.61. The van der Waals surface area contributed by atoms with E-state index in [0.29, 0.717) is 0 Å². The molecule has 5 heteroatoms. The van der Waals surface area contributed by atoms with Crippen LogP contribution in [-0.4, -0.2) is 34.5 Å². The number of aliphatic hydroxyl groups is 2. The highest BCUT2D eigenvalue weighted by molar-refractivity contribution is 7.11. The van der Waals surface area contributed by atoms with Gasteiger partial charge in [0, 0.05) is 10.9 Å². The van der Waals surface area contributed by atoms with Crippen LogP contribution >= 0.6 is 11.3 Å². The lowest BCUT2D eigenvalue weighted by Gasteiger charge is -2.19. The van der Waals surface area contributed by atoms with Gasteiger partial charge >= 0.3 is 0 Å². The summed E-state index contributed by atoms with van der Waals surface area (Å²) in [7, 11) is 0. The van der Waals surface area contributed by atoms with Gasteiger partial charge in [0.25, 0.3) is 0 Å². The van der Waals surface area contributed by atoms with Crippen molar-refractivity contribution in [3.8, 4) is 0 Å². The van der Waals surface area contributed by atoms with Crippen LogP contribution in [0.4, 0.5) is 0 Å². The fourth-order valence-electron chi connectivity index (χ4n) is 1.54. The van der Waals surface area contributed by atoms with E-state index >= 15 is 0 Å². The molecule has 0 radical (unpaired) electrons. The molecule has 1 rings (SSSR count). The predicted molar refractivity (Wildman–Crippen MR) is 61.1 cm³/mol. The topological polar surface area (TPSA) is 65.4 Å². The molecule has 1 aromatic heterocycles. The Morgan fingerprint density at radius 3 is 2.33 bits per heavy atom. The summed E-state index contributed by atoms with van der Waals surface area (Å²) < 4.78 is 0. The lowest BCUT2D eigenvalue weighted by Crippen LogP contribution is -2.37. The van der Waals surface area contributed by atoms with Crippen LogP contribution in [0.1, 0.15) is 28.5 Å². The summed E-state index contributed by atoms with van der Waals surface area (Å²) in [6.45, 7) is 5.86. The zero-order valence-electron chi connectivity index (χ0n) is 9.32. The highest BCUT2D eigenvalue weighted by atomic mass is 32.1. The van der Waals surface area contributed by atoms with Crippen molar-refractivity contribution in [2.45, 2.75) is 32.9 Å². The largest absolute Gasteiger partial charge is 0.395 e. The number of rotatable bonds is 5. The molecule has 0 saturated carbocycles. The van der Waals surface area contributed by atoms with E-state index in [4.69, 9.17) is 10.2 Å². The first-order valence-electron chi connectivity index (χ1n) is 5.00. The van der Waals surface area contributed by atoms with Crippen molar-refractivity contribution in [1.82, 2.24) is 10.3 Å². The Kier molecular flexibility index (Phi) is 4.66. The van der Waals surface area contributed by atoms with Crippen molar-refractivity contribution in [2.24, 2.45) is 0 Å². The summed E-state index contributed by atoms with van der Waals surface area (Å²) >= 11 is 1.66. The fraction of sp³-hybridized carbons (Fsp3) is 0.700. The SMILES string of the molecule is Cc1nc(C(C)NC(CO)CO)c(C)s1. The normalized spacial score (nSPS) is 13.5. The Bertz CT molecular complexity index is 310. The molecule has 0 aliphatic carbocycles. The van der Waals surface area contributed by atoms with Gasteiger partial charge in [0.15, 0.2) is 0 Å². The Balaban J connectivity index is 2.67. The molecular formula is C10H18N2O2S. The first kappa shape index (κ1) is 12.6. The second kappa shape index (κ2) is 5.55. The Morgan fingerprint density at radius 1 is 1.33 bits per heavy atom. The summed E-state index contributed by atoms with van der Waals surface area (Å²) in [5.41, 5.74) is 1.00. The molecule has 0 bridgehead atoms. The molecule has 86 valence electrons. The molecule has 0 amide bonds. The second-order valence-electron chi connectivity index (χ2n) is 3.62. The zero-order valence-corrected chi connectivity index (χ0v) is 10.1. The number of thiazole rings is 1. The molecule has 0 fully saturated rings. The van der Waals surface area contributed by atoms with Crippen molar-refractivity contribution in [3.05, 3.63) is 15.6 Å². The number of hydrogen-bond acceptors (Lipinski definition) is 5. The third kappa shape index (κ3) is 3.24. The van der Waals surface area contributed by atoms with Crippen molar-refractivity contribution >= 4 is 11.3 Å². The van der Waals surface area contributed by atoms with Crippen LogP contribution in [0.2, 0.25) is 0 Å². The third-order valence-electron chi connectivity index (χ3n) is 2.28. The van der Waals surface area contributed by atoms with Gasteiger partial charge in [-0.25, -0.2) is 4.98 Å². The van der Waals surface area contributed by atoms with E-state index in [-0.39, 0.29) is 25.3 Å². The van der Waals surface area contributed by atoms with Crippen LogP contribution in [-0.2, 0) is 0 Å². The van der Waals surface area contributed by atoms with E-state index in [1.807, 2.05) is 20.8 Å².